The van der Waals surface area contributed by atoms with Gasteiger partial charge in [-0.1, -0.05) is 17.7 Å². The summed E-state index contributed by atoms with van der Waals surface area (Å²) < 4.78 is 40.9. The lowest BCUT2D eigenvalue weighted by atomic mass is 10.1. The number of pyridine rings is 1. The summed E-state index contributed by atoms with van der Waals surface area (Å²) in [6.45, 7) is 3.56. The predicted molar refractivity (Wildman–Crippen MR) is 99.6 cm³/mol. The van der Waals surface area contributed by atoms with Crippen LogP contribution >= 0.6 is 11.6 Å². The normalized spacial score (nSPS) is 11.5. The van der Waals surface area contributed by atoms with Crippen molar-refractivity contribution in [3.05, 3.63) is 70.3 Å². The summed E-state index contributed by atoms with van der Waals surface area (Å²) in [7, 11) is 0. The molecule has 0 saturated carbocycles. The summed E-state index contributed by atoms with van der Waals surface area (Å²) in [5.74, 6) is -0.480. The highest BCUT2D eigenvalue weighted by Gasteiger charge is 2.31. The van der Waals surface area contributed by atoms with E-state index in [1.807, 2.05) is 0 Å². The van der Waals surface area contributed by atoms with Crippen LogP contribution in [0.4, 0.5) is 18.9 Å². The maximum Gasteiger partial charge on any atom is 0.416 e. The Morgan fingerprint density at radius 2 is 1.93 bits per heavy atom. The number of hydrogen-bond acceptors (Lipinski definition) is 3. The molecule has 1 amide bonds. The number of hydrogen-bond donors (Lipinski definition) is 1. The number of nitrogens with one attached hydrogen (secondary N) is 1. The van der Waals surface area contributed by atoms with Gasteiger partial charge in [-0.2, -0.15) is 18.3 Å². The SMILES string of the molecule is Cc1cc(C)n(-c2ccc(C(F)(F)F)cc2NC(=O)Cc2ccc(Cl)nc2)n1. The first kappa shape index (κ1) is 19.9. The lowest BCUT2D eigenvalue weighted by Crippen LogP contribution is -2.18. The topological polar surface area (TPSA) is 59.8 Å². The highest BCUT2D eigenvalue weighted by Crippen LogP contribution is 2.33. The number of amides is 1. The van der Waals surface area contributed by atoms with Crippen LogP contribution in [0.1, 0.15) is 22.5 Å². The Morgan fingerprint density at radius 3 is 2.50 bits per heavy atom. The summed E-state index contributed by atoms with van der Waals surface area (Å²) in [4.78, 5) is 16.3. The number of aromatic nitrogens is 3. The molecule has 5 nitrogen and oxygen atoms in total. The van der Waals surface area contributed by atoms with Crippen LogP contribution in [0.2, 0.25) is 5.15 Å². The number of carbonyl (C=O) groups is 1. The van der Waals surface area contributed by atoms with E-state index < -0.39 is 17.6 Å². The van der Waals surface area contributed by atoms with Crippen LogP contribution in [0.25, 0.3) is 5.69 Å². The van der Waals surface area contributed by atoms with Gasteiger partial charge >= 0.3 is 6.18 Å². The molecule has 3 rings (SSSR count). The summed E-state index contributed by atoms with van der Waals surface area (Å²) in [6, 6.07) is 8.12. The first-order valence-electron chi connectivity index (χ1n) is 8.28. The Labute approximate surface area is 164 Å². The first-order chi connectivity index (χ1) is 13.1. The highest BCUT2D eigenvalue weighted by atomic mass is 35.5. The predicted octanol–water partition coefficient (Wildman–Crippen LogP) is 4.74. The van der Waals surface area contributed by atoms with E-state index >= 15 is 0 Å². The van der Waals surface area contributed by atoms with Crippen LogP contribution in [0.15, 0.2) is 42.6 Å². The van der Waals surface area contributed by atoms with Crippen molar-refractivity contribution in [3.8, 4) is 5.69 Å². The molecule has 0 radical (unpaired) electrons. The number of rotatable bonds is 4. The van der Waals surface area contributed by atoms with E-state index in [0.717, 1.165) is 17.8 Å². The van der Waals surface area contributed by atoms with E-state index in [1.54, 1.807) is 26.0 Å². The third-order valence-electron chi connectivity index (χ3n) is 3.99. The van der Waals surface area contributed by atoms with Gasteiger partial charge in [-0.3, -0.25) is 4.79 Å². The second-order valence-corrected chi connectivity index (χ2v) is 6.67. The highest BCUT2D eigenvalue weighted by molar-refractivity contribution is 6.29. The number of carbonyl (C=O) groups excluding carboxylic acids is 1. The Hall–Kier alpha value is -2.87. The average molecular weight is 409 g/mol. The molecule has 0 fully saturated rings. The number of benzene rings is 1. The van der Waals surface area contributed by atoms with E-state index in [0.29, 0.717) is 16.9 Å². The van der Waals surface area contributed by atoms with E-state index in [9.17, 15) is 18.0 Å². The number of halogens is 4. The second-order valence-electron chi connectivity index (χ2n) is 6.28. The lowest BCUT2D eigenvalue weighted by Gasteiger charge is -2.15. The molecule has 1 aromatic carbocycles. The molecule has 2 heterocycles. The van der Waals surface area contributed by atoms with Crippen LogP contribution in [0.3, 0.4) is 0 Å². The van der Waals surface area contributed by atoms with Crippen molar-refractivity contribution < 1.29 is 18.0 Å². The molecular formula is C19H16ClF3N4O. The minimum Gasteiger partial charge on any atom is -0.324 e. The van der Waals surface area contributed by atoms with Crippen LogP contribution in [-0.2, 0) is 17.4 Å². The number of anilines is 1. The van der Waals surface area contributed by atoms with Crippen molar-refractivity contribution in [2.75, 3.05) is 5.32 Å². The van der Waals surface area contributed by atoms with Gasteiger partial charge in [0.2, 0.25) is 5.91 Å². The van der Waals surface area contributed by atoms with Gasteiger partial charge in [0.15, 0.2) is 0 Å². The molecule has 1 N–H and O–H groups in total. The van der Waals surface area contributed by atoms with Crippen LogP contribution < -0.4 is 5.32 Å². The second kappa shape index (κ2) is 7.63. The van der Waals surface area contributed by atoms with Crippen LogP contribution in [-0.4, -0.2) is 20.7 Å². The molecule has 0 aliphatic heterocycles. The minimum absolute atomic E-state index is 0.0212. The minimum atomic E-state index is -4.53. The van der Waals surface area contributed by atoms with Crippen molar-refractivity contribution >= 4 is 23.2 Å². The van der Waals surface area contributed by atoms with Gasteiger partial charge in [-0.05, 0) is 49.7 Å². The Morgan fingerprint density at radius 1 is 1.18 bits per heavy atom. The zero-order chi connectivity index (χ0) is 20.5. The van der Waals surface area contributed by atoms with E-state index in [-0.39, 0.29) is 17.3 Å². The molecule has 0 bridgehead atoms. The van der Waals surface area contributed by atoms with Crippen LogP contribution in [0, 0.1) is 13.8 Å². The summed E-state index contributed by atoms with van der Waals surface area (Å²) in [5, 5.41) is 7.14. The summed E-state index contributed by atoms with van der Waals surface area (Å²) in [6.07, 6.45) is -3.15. The molecule has 0 unspecified atom stereocenters. The summed E-state index contributed by atoms with van der Waals surface area (Å²) >= 11 is 5.72. The molecular weight excluding hydrogens is 393 g/mol. The van der Waals surface area contributed by atoms with Gasteiger partial charge < -0.3 is 5.32 Å². The van der Waals surface area contributed by atoms with E-state index in [2.05, 4.69) is 15.4 Å². The van der Waals surface area contributed by atoms with Gasteiger partial charge in [-0.25, -0.2) is 9.67 Å². The smallest absolute Gasteiger partial charge is 0.324 e. The van der Waals surface area contributed by atoms with Gasteiger partial charge in [-0.15, -0.1) is 0 Å². The van der Waals surface area contributed by atoms with Gasteiger partial charge in [0.25, 0.3) is 0 Å². The Bertz CT molecular complexity index is 1010. The number of aryl methyl sites for hydroxylation is 2. The molecule has 0 spiro atoms. The molecule has 0 atom stereocenters. The fraction of sp³-hybridized carbons (Fsp3) is 0.211. The largest absolute Gasteiger partial charge is 0.416 e. The molecule has 146 valence electrons. The van der Waals surface area contributed by atoms with E-state index in [1.165, 1.54) is 23.0 Å². The fourth-order valence-electron chi connectivity index (χ4n) is 2.76. The van der Waals surface area contributed by atoms with Crippen molar-refractivity contribution in [2.45, 2.75) is 26.4 Å². The van der Waals surface area contributed by atoms with Gasteiger partial charge in [0.05, 0.1) is 29.1 Å². The molecule has 0 aliphatic carbocycles. The van der Waals surface area contributed by atoms with Gasteiger partial charge in [0, 0.05) is 11.9 Å². The van der Waals surface area contributed by atoms with Crippen LogP contribution in [0.5, 0.6) is 0 Å². The quantitative estimate of drug-likeness (QED) is 0.634. The molecule has 0 saturated heterocycles. The third kappa shape index (κ3) is 4.51. The fourth-order valence-corrected chi connectivity index (χ4v) is 2.87. The first-order valence-corrected chi connectivity index (χ1v) is 8.66. The zero-order valence-corrected chi connectivity index (χ0v) is 15.8. The zero-order valence-electron chi connectivity index (χ0n) is 15.0. The standard InChI is InChI=1S/C19H16ClF3N4O/c1-11-7-12(2)27(26-11)16-5-4-14(19(21,22)23)9-15(16)25-18(28)8-13-3-6-17(20)24-10-13/h3-7,9-10H,8H2,1-2H3,(H,25,28). The molecule has 2 aromatic heterocycles. The maximum absolute atomic E-state index is 13.2. The van der Waals surface area contributed by atoms with Crippen molar-refractivity contribution in [2.24, 2.45) is 0 Å². The molecule has 3 aromatic rings. The monoisotopic (exact) mass is 408 g/mol. The Kier molecular flexibility index (Phi) is 5.42. The average Bonchev–Trinajstić information content (AvgIpc) is 2.94. The van der Waals surface area contributed by atoms with Crippen molar-refractivity contribution in [1.29, 1.82) is 0 Å². The maximum atomic E-state index is 13.2. The molecule has 28 heavy (non-hydrogen) atoms. The summed E-state index contributed by atoms with van der Waals surface area (Å²) in [5.41, 5.74) is 1.54. The van der Waals surface area contributed by atoms with Crippen molar-refractivity contribution in [1.82, 2.24) is 14.8 Å². The van der Waals surface area contributed by atoms with E-state index in [4.69, 9.17) is 11.6 Å². The molecule has 0 aliphatic rings. The number of alkyl halides is 3. The van der Waals surface area contributed by atoms with Gasteiger partial charge in [0.1, 0.15) is 5.15 Å². The molecule has 9 heteroatoms. The third-order valence-corrected chi connectivity index (χ3v) is 4.21. The lowest BCUT2D eigenvalue weighted by molar-refractivity contribution is -0.137. The van der Waals surface area contributed by atoms with Crippen molar-refractivity contribution in [3.63, 3.8) is 0 Å². The number of nitrogens with zero attached hydrogens (tertiary/aromatic N) is 3. The Balaban J connectivity index is 1.95.